The molecule has 0 radical (unpaired) electrons. The van der Waals surface area contributed by atoms with Crippen LogP contribution >= 0.6 is 0 Å². The molecule has 4 N–H and O–H groups in total. The number of sulfonamides is 1. The number of aryl methyl sites for hydroxylation is 1. The summed E-state index contributed by atoms with van der Waals surface area (Å²) in [5.41, 5.74) is 0.000298. The first-order valence-electron chi connectivity index (χ1n) is 8.36. The summed E-state index contributed by atoms with van der Waals surface area (Å²) in [6.45, 7) is 1.27. The molecule has 0 aliphatic rings. The predicted molar refractivity (Wildman–Crippen MR) is 97.4 cm³/mol. The molecule has 3 rings (SSSR count). The van der Waals surface area contributed by atoms with Crippen molar-refractivity contribution in [3.8, 4) is 5.75 Å². The van der Waals surface area contributed by atoms with Gasteiger partial charge in [0.2, 0.25) is 0 Å². The van der Waals surface area contributed by atoms with Crippen molar-refractivity contribution in [3.63, 3.8) is 0 Å². The number of anilines is 1. The summed E-state index contributed by atoms with van der Waals surface area (Å²) < 4.78 is 91.3. The summed E-state index contributed by atoms with van der Waals surface area (Å²) in [6.07, 6.45) is -3.91. The van der Waals surface area contributed by atoms with Gasteiger partial charge in [-0.05, 0) is 36.8 Å². The lowest BCUT2D eigenvalue weighted by Gasteiger charge is -2.19. The van der Waals surface area contributed by atoms with E-state index in [2.05, 4.69) is 25.0 Å². The first-order chi connectivity index (χ1) is 14.3. The van der Waals surface area contributed by atoms with E-state index in [1.807, 2.05) is 0 Å². The molecule has 14 heteroatoms. The Kier molecular flexibility index (Phi) is 5.87. The molecule has 1 atom stereocenters. The van der Waals surface area contributed by atoms with Gasteiger partial charge in [0.25, 0.3) is 10.0 Å². The van der Waals surface area contributed by atoms with E-state index in [1.54, 1.807) is 0 Å². The number of benzene rings is 1. The van der Waals surface area contributed by atoms with Crippen molar-refractivity contribution in [2.75, 3.05) is 5.32 Å². The number of primary sulfonamides is 1. The molecule has 0 aliphatic carbocycles. The van der Waals surface area contributed by atoms with Gasteiger partial charge in [-0.25, -0.2) is 32.3 Å². The molecule has 3 aromatic rings. The van der Waals surface area contributed by atoms with Gasteiger partial charge in [0.1, 0.15) is 17.7 Å². The number of rotatable bonds is 6. The quantitative estimate of drug-likeness (QED) is 0.483. The summed E-state index contributed by atoms with van der Waals surface area (Å²) in [6, 6.07) is 3.99. The SMILES string of the molecule is Cc1nc(NC(c2ccc(F)c(F)c2)c2nc(S(N)(=O)=O)c[nH]2)ccc1OC(F)(F)F. The third kappa shape index (κ3) is 5.46. The largest absolute Gasteiger partial charge is 0.573 e. The van der Waals surface area contributed by atoms with E-state index < -0.39 is 44.8 Å². The molecule has 0 spiro atoms. The van der Waals surface area contributed by atoms with Crippen LogP contribution in [-0.4, -0.2) is 29.7 Å². The molecule has 0 amide bonds. The number of pyridine rings is 1. The highest BCUT2D eigenvalue weighted by Crippen LogP contribution is 2.29. The van der Waals surface area contributed by atoms with Gasteiger partial charge in [0, 0.05) is 6.20 Å². The molecule has 0 aliphatic heterocycles. The molecule has 2 aromatic heterocycles. The lowest BCUT2D eigenvalue weighted by atomic mass is 10.1. The van der Waals surface area contributed by atoms with E-state index in [0.717, 1.165) is 30.5 Å². The number of nitrogens with two attached hydrogens (primary N) is 1. The minimum absolute atomic E-state index is 0.0234. The van der Waals surface area contributed by atoms with Crippen molar-refractivity contribution in [2.24, 2.45) is 5.14 Å². The van der Waals surface area contributed by atoms with Gasteiger partial charge < -0.3 is 15.0 Å². The first kappa shape index (κ1) is 22.4. The Morgan fingerprint density at radius 3 is 2.39 bits per heavy atom. The van der Waals surface area contributed by atoms with Crippen LogP contribution in [0.5, 0.6) is 5.75 Å². The molecule has 0 fully saturated rings. The molecule has 2 heterocycles. The summed E-state index contributed by atoms with van der Waals surface area (Å²) in [7, 11) is -4.16. The Morgan fingerprint density at radius 1 is 1.13 bits per heavy atom. The fraction of sp³-hybridized carbons (Fsp3) is 0.176. The lowest BCUT2D eigenvalue weighted by molar-refractivity contribution is -0.275. The van der Waals surface area contributed by atoms with Crippen LogP contribution in [0.1, 0.15) is 23.1 Å². The number of aromatic amines is 1. The van der Waals surface area contributed by atoms with Crippen LogP contribution in [0.25, 0.3) is 0 Å². The minimum atomic E-state index is -4.91. The number of H-pyrrole nitrogens is 1. The van der Waals surface area contributed by atoms with Gasteiger partial charge in [-0.1, -0.05) is 6.07 Å². The standard InChI is InChI=1S/C17H14F5N5O3S/c1-8-12(30-17(20,21)22)4-5-13(25-8)26-15(9-2-3-10(18)11(19)6-9)16-24-7-14(27-16)31(23,28)29/h2-7,15H,1H3,(H,24,27)(H,25,26)(H2,23,28,29). The van der Waals surface area contributed by atoms with E-state index >= 15 is 0 Å². The second-order valence-electron chi connectivity index (χ2n) is 6.25. The van der Waals surface area contributed by atoms with Crippen molar-refractivity contribution in [1.82, 2.24) is 15.0 Å². The lowest BCUT2D eigenvalue weighted by Crippen LogP contribution is -2.19. The molecule has 0 saturated carbocycles. The van der Waals surface area contributed by atoms with Gasteiger partial charge in [-0.15, -0.1) is 13.2 Å². The maximum absolute atomic E-state index is 13.8. The molecular weight excluding hydrogens is 449 g/mol. The van der Waals surface area contributed by atoms with Crippen LogP contribution in [0.2, 0.25) is 0 Å². The molecule has 8 nitrogen and oxygen atoms in total. The maximum Gasteiger partial charge on any atom is 0.573 e. The van der Waals surface area contributed by atoms with E-state index in [9.17, 15) is 30.4 Å². The van der Waals surface area contributed by atoms with E-state index in [-0.39, 0.29) is 22.9 Å². The Hall–Kier alpha value is -3.26. The zero-order valence-corrected chi connectivity index (χ0v) is 16.4. The second kappa shape index (κ2) is 8.11. The second-order valence-corrected chi connectivity index (χ2v) is 7.76. The van der Waals surface area contributed by atoms with Gasteiger partial charge in [0.05, 0.1) is 5.69 Å². The molecule has 1 unspecified atom stereocenters. The fourth-order valence-electron chi connectivity index (χ4n) is 2.62. The number of nitrogens with zero attached hydrogens (tertiary/aromatic N) is 2. The van der Waals surface area contributed by atoms with Crippen molar-refractivity contribution in [3.05, 3.63) is 65.2 Å². The molecule has 1 aromatic carbocycles. The van der Waals surface area contributed by atoms with Crippen molar-refractivity contribution in [1.29, 1.82) is 0 Å². The Balaban J connectivity index is 2.00. The topological polar surface area (TPSA) is 123 Å². The van der Waals surface area contributed by atoms with Gasteiger partial charge >= 0.3 is 6.36 Å². The number of hydrogen-bond acceptors (Lipinski definition) is 6. The summed E-state index contributed by atoms with van der Waals surface area (Å²) in [5, 5.41) is 7.32. The highest BCUT2D eigenvalue weighted by molar-refractivity contribution is 7.89. The van der Waals surface area contributed by atoms with Gasteiger partial charge in [-0.2, -0.15) is 0 Å². The van der Waals surface area contributed by atoms with Crippen molar-refractivity contribution < 1.29 is 35.1 Å². The zero-order chi connectivity index (χ0) is 23.0. The Morgan fingerprint density at radius 2 is 1.84 bits per heavy atom. The van der Waals surface area contributed by atoms with Crippen LogP contribution in [0.4, 0.5) is 27.8 Å². The monoisotopic (exact) mass is 463 g/mol. The highest BCUT2D eigenvalue weighted by Gasteiger charge is 2.32. The fourth-order valence-corrected chi connectivity index (χ4v) is 3.07. The number of aromatic nitrogens is 3. The third-order valence-electron chi connectivity index (χ3n) is 3.97. The predicted octanol–water partition coefficient (Wildman–Crippen LogP) is 3.14. The van der Waals surface area contributed by atoms with E-state index in [0.29, 0.717) is 0 Å². The molecule has 166 valence electrons. The average molecular weight is 463 g/mol. The van der Waals surface area contributed by atoms with Crippen LogP contribution in [0.3, 0.4) is 0 Å². The number of ether oxygens (including phenoxy) is 1. The van der Waals surface area contributed by atoms with E-state index in [4.69, 9.17) is 5.14 Å². The summed E-state index contributed by atoms with van der Waals surface area (Å²) in [4.78, 5) is 10.4. The molecule has 31 heavy (non-hydrogen) atoms. The minimum Gasteiger partial charge on any atom is -0.404 e. The van der Waals surface area contributed by atoms with Crippen LogP contribution < -0.4 is 15.2 Å². The normalized spacial score (nSPS) is 13.1. The number of imidazole rings is 1. The van der Waals surface area contributed by atoms with Crippen molar-refractivity contribution >= 4 is 15.8 Å². The molecule has 0 saturated heterocycles. The number of nitrogens with one attached hydrogen (secondary N) is 2. The van der Waals surface area contributed by atoms with Gasteiger partial charge in [0.15, 0.2) is 22.4 Å². The smallest absolute Gasteiger partial charge is 0.404 e. The first-order valence-corrected chi connectivity index (χ1v) is 9.91. The number of hydrogen-bond donors (Lipinski definition) is 3. The van der Waals surface area contributed by atoms with Crippen LogP contribution in [0.15, 0.2) is 41.6 Å². The van der Waals surface area contributed by atoms with Crippen LogP contribution in [0, 0.1) is 18.6 Å². The maximum atomic E-state index is 13.8. The average Bonchev–Trinajstić information content (AvgIpc) is 3.13. The number of halogens is 5. The summed E-state index contributed by atoms with van der Waals surface area (Å²) >= 11 is 0. The number of alkyl halides is 3. The van der Waals surface area contributed by atoms with Crippen molar-refractivity contribution in [2.45, 2.75) is 24.4 Å². The zero-order valence-electron chi connectivity index (χ0n) is 15.5. The third-order valence-corrected chi connectivity index (χ3v) is 4.76. The van der Waals surface area contributed by atoms with E-state index in [1.165, 1.54) is 13.0 Å². The van der Waals surface area contributed by atoms with Gasteiger partial charge in [-0.3, -0.25) is 0 Å². The molecular formula is C17H14F5N5O3S. The highest BCUT2D eigenvalue weighted by atomic mass is 32.2. The van der Waals surface area contributed by atoms with Crippen LogP contribution in [-0.2, 0) is 10.0 Å². The summed E-state index contributed by atoms with van der Waals surface area (Å²) in [5.74, 6) is -2.85. The Bertz CT molecular complexity index is 1210. The Labute approximate surface area is 172 Å². The molecule has 0 bridgehead atoms.